The van der Waals surface area contributed by atoms with Gasteiger partial charge in [-0.3, -0.25) is 0 Å². The molecule has 0 fully saturated rings. The Balaban J connectivity index is 3.10. The van der Waals surface area contributed by atoms with Crippen LogP contribution >= 0.6 is 0 Å². The van der Waals surface area contributed by atoms with Gasteiger partial charge in [-0.05, 0) is 25.5 Å². The molecule has 0 bridgehead atoms. The van der Waals surface area contributed by atoms with E-state index in [0.717, 1.165) is 5.56 Å². The molecule has 0 aliphatic carbocycles. The van der Waals surface area contributed by atoms with E-state index in [2.05, 4.69) is 4.79 Å². The Morgan fingerprint density at radius 2 is 2.13 bits per heavy atom. The summed E-state index contributed by atoms with van der Waals surface area (Å²) in [6, 6.07) is 7.16. The number of aryl methyl sites for hydroxylation is 1. The minimum atomic E-state index is -0.616. The van der Waals surface area contributed by atoms with E-state index >= 15 is 0 Å². The van der Waals surface area contributed by atoms with Crippen molar-refractivity contribution >= 4 is 11.7 Å². The summed E-state index contributed by atoms with van der Waals surface area (Å²) in [4.78, 5) is 14.4. The third-order valence-electron chi connectivity index (χ3n) is 1.97. The van der Waals surface area contributed by atoms with Crippen LogP contribution in [0.3, 0.4) is 0 Å². The van der Waals surface area contributed by atoms with Gasteiger partial charge in [0.25, 0.3) is 0 Å². The predicted molar refractivity (Wildman–Crippen MR) is 55.5 cm³/mol. The molecule has 0 heterocycles. The standard InChI is InChI=1S/C11H12N2O2/c1-3-15-11(14)10(13-12)9-7-5-4-6-8(9)2/h4-7H,3H2,1-2H3. The van der Waals surface area contributed by atoms with E-state index < -0.39 is 5.97 Å². The van der Waals surface area contributed by atoms with Gasteiger partial charge in [0.1, 0.15) is 0 Å². The highest BCUT2D eigenvalue weighted by molar-refractivity contribution is 6.41. The summed E-state index contributed by atoms with van der Waals surface area (Å²) >= 11 is 0. The molecular weight excluding hydrogens is 192 g/mol. The second-order valence-corrected chi connectivity index (χ2v) is 2.98. The van der Waals surface area contributed by atoms with Gasteiger partial charge >= 0.3 is 11.7 Å². The number of hydrogen-bond donors (Lipinski definition) is 0. The number of carbonyl (C=O) groups excluding carboxylic acids is 1. The molecule has 0 spiro atoms. The topological polar surface area (TPSA) is 62.7 Å². The smallest absolute Gasteiger partial charge is 0.422 e. The number of ether oxygens (including phenoxy) is 1. The van der Waals surface area contributed by atoms with Crippen LogP contribution < -0.4 is 0 Å². The van der Waals surface area contributed by atoms with Crippen molar-refractivity contribution in [2.45, 2.75) is 13.8 Å². The maximum absolute atomic E-state index is 11.4. The Morgan fingerprint density at radius 3 is 2.67 bits per heavy atom. The number of rotatable bonds is 3. The van der Waals surface area contributed by atoms with Gasteiger partial charge in [-0.15, -0.1) is 0 Å². The number of nitrogens with zero attached hydrogens (tertiary/aromatic N) is 2. The van der Waals surface area contributed by atoms with Gasteiger partial charge in [-0.2, -0.15) is 4.79 Å². The van der Waals surface area contributed by atoms with Crippen molar-refractivity contribution in [1.29, 1.82) is 0 Å². The lowest BCUT2D eigenvalue weighted by atomic mass is 10.0. The third kappa shape index (κ3) is 2.51. The van der Waals surface area contributed by atoms with Crippen molar-refractivity contribution in [3.8, 4) is 0 Å². The van der Waals surface area contributed by atoms with E-state index in [-0.39, 0.29) is 12.3 Å². The molecule has 1 rings (SSSR count). The highest BCUT2D eigenvalue weighted by Gasteiger charge is 2.25. The average molecular weight is 204 g/mol. The molecule has 0 saturated carbocycles. The summed E-state index contributed by atoms with van der Waals surface area (Å²) in [5, 5.41) is 0. The second-order valence-electron chi connectivity index (χ2n) is 2.98. The van der Waals surface area contributed by atoms with Crippen LogP contribution in [0.1, 0.15) is 18.1 Å². The first kappa shape index (κ1) is 11.1. The van der Waals surface area contributed by atoms with Crippen LogP contribution in [0, 0.1) is 6.92 Å². The Labute approximate surface area is 88.1 Å². The van der Waals surface area contributed by atoms with Gasteiger partial charge in [0.05, 0.1) is 12.2 Å². The molecule has 0 aliphatic rings. The third-order valence-corrected chi connectivity index (χ3v) is 1.97. The minimum Gasteiger partial charge on any atom is -0.457 e. The molecule has 0 unspecified atom stereocenters. The SMILES string of the molecule is CCOC(=O)C(=[N+]=[N-])c1ccccc1C. The Morgan fingerprint density at radius 1 is 1.47 bits per heavy atom. The fourth-order valence-electron chi connectivity index (χ4n) is 1.24. The summed E-state index contributed by atoms with van der Waals surface area (Å²) in [6.07, 6.45) is 0. The van der Waals surface area contributed by atoms with Crippen molar-refractivity contribution in [3.63, 3.8) is 0 Å². The summed E-state index contributed by atoms with van der Waals surface area (Å²) in [6.45, 7) is 3.79. The van der Waals surface area contributed by atoms with Crippen molar-refractivity contribution in [2.75, 3.05) is 6.61 Å². The van der Waals surface area contributed by atoms with Crippen LogP contribution in [-0.4, -0.2) is 23.1 Å². The molecule has 0 N–H and O–H groups in total. The average Bonchev–Trinajstić information content (AvgIpc) is 2.22. The lowest BCUT2D eigenvalue weighted by molar-refractivity contribution is -0.139. The molecule has 0 atom stereocenters. The van der Waals surface area contributed by atoms with Crippen molar-refractivity contribution in [2.24, 2.45) is 0 Å². The molecule has 0 aromatic heterocycles. The van der Waals surface area contributed by atoms with E-state index in [9.17, 15) is 4.79 Å². The van der Waals surface area contributed by atoms with Crippen LogP contribution in [0.15, 0.2) is 24.3 Å². The molecule has 1 aromatic rings. The highest BCUT2D eigenvalue weighted by atomic mass is 16.5. The first-order valence-corrected chi connectivity index (χ1v) is 4.65. The van der Waals surface area contributed by atoms with E-state index in [1.165, 1.54) is 0 Å². The van der Waals surface area contributed by atoms with Crippen LogP contribution in [-0.2, 0) is 9.53 Å². The zero-order valence-corrected chi connectivity index (χ0v) is 8.73. The highest BCUT2D eigenvalue weighted by Crippen LogP contribution is 2.08. The van der Waals surface area contributed by atoms with E-state index in [1.54, 1.807) is 19.1 Å². The Bertz CT molecular complexity index is 420. The first-order chi connectivity index (χ1) is 7.20. The molecule has 0 aliphatic heterocycles. The maximum Gasteiger partial charge on any atom is 0.422 e. The number of benzene rings is 1. The maximum atomic E-state index is 11.4. The molecular formula is C11H12N2O2. The van der Waals surface area contributed by atoms with Gasteiger partial charge in [0.15, 0.2) is 0 Å². The summed E-state index contributed by atoms with van der Waals surface area (Å²) in [5.74, 6) is -0.616. The Kier molecular flexibility index (Phi) is 3.77. The fourth-order valence-corrected chi connectivity index (χ4v) is 1.24. The minimum absolute atomic E-state index is 0.0602. The van der Waals surface area contributed by atoms with Gasteiger partial charge in [-0.1, -0.05) is 18.2 Å². The van der Waals surface area contributed by atoms with Crippen LogP contribution in [0.2, 0.25) is 0 Å². The van der Waals surface area contributed by atoms with Gasteiger partial charge in [0, 0.05) is 0 Å². The zero-order valence-electron chi connectivity index (χ0n) is 8.73. The monoisotopic (exact) mass is 204 g/mol. The van der Waals surface area contributed by atoms with Gasteiger partial charge < -0.3 is 10.3 Å². The van der Waals surface area contributed by atoms with Gasteiger partial charge in [-0.25, -0.2) is 4.79 Å². The largest absolute Gasteiger partial charge is 0.457 e. The summed E-state index contributed by atoms with van der Waals surface area (Å²) in [5.41, 5.74) is 10.2. The Hall–Kier alpha value is -1.93. The van der Waals surface area contributed by atoms with E-state index in [0.29, 0.717) is 5.56 Å². The fraction of sp³-hybridized carbons (Fsp3) is 0.273. The van der Waals surface area contributed by atoms with Crippen molar-refractivity contribution in [3.05, 3.63) is 40.9 Å². The predicted octanol–water partition coefficient (Wildman–Crippen LogP) is 1.58. The molecule has 1 aromatic carbocycles. The zero-order chi connectivity index (χ0) is 11.3. The number of carbonyl (C=O) groups is 1. The lowest BCUT2D eigenvalue weighted by Gasteiger charge is -2.00. The second kappa shape index (κ2) is 5.08. The summed E-state index contributed by atoms with van der Waals surface area (Å²) < 4.78 is 4.77. The number of esters is 1. The quantitative estimate of drug-likeness (QED) is 0.325. The molecule has 4 nitrogen and oxygen atoms in total. The molecule has 15 heavy (non-hydrogen) atoms. The van der Waals surface area contributed by atoms with Crippen molar-refractivity contribution in [1.82, 2.24) is 0 Å². The van der Waals surface area contributed by atoms with E-state index in [4.69, 9.17) is 10.3 Å². The normalized spacial score (nSPS) is 9.20. The summed E-state index contributed by atoms with van der Waals surface area (Å²) in [7, 11) is 0. The first-order valence-electron chi connectivity index (χ1n) is 4.65. The van der Waals surface area contributed by atoms with E-state index in [1.807, 2.05) is 19.1 Å². The number of hydrogen-bond acceptors (Lipinski definition) is 2. The van der Waals surface area contributed by atoms with Crippen LogP contribution in [0.4, 0.5) is 0 Å². The lowest BCUT2D eigenvalue weighted by Crippen LogP contribution is -2.20. The molecule has 0 radical (unpaired) electrons. The van der Waals surface area contributed by atoms with Crippen LogP contribution in [0.25, 0.3) is 5.53 Å². The van der Waals surface area contributed by atoms with Crippen LogP contribution in [0.5, 0.6) is 0 Å². The molecule has 0 saturated heterocycles. The van der Waals surface area contributed by atoms with Gasteiger partial charge in [0.2, 0.25) is 0 Å². The molecule has 78 valence electrons. The molecule has 4 heteroatoms. The molecule has 0 amide bonds. The van der Waals surface area contributed by atoms with Crippen molar-refractivity contribution < 1.29 is 14.3 Å².